The van der Waals surface area contributed by atoms with Gasteiger partial charge in [-0.25, -0.2) is 0 Å². The normalized spacial score (nSPS) is 10.3. The molecule has 0 spiro atoms. The first-order valence-corrected chi connectivity index (χ1v) is 5.88. The number of thiophene rings is 1. The third kappa shape index (κ3) is 1.57. The van der Waals surface area contributed by atoms with Gasteiger partial charge in [-0.2, -0.15) is 5.26 Å². The van der Waals surface area contributed by atoms with Crippen molar-refractivity contribution < 1.29 is 5.11 Å². The highest BCUT2D eigenvalue weighted by atomic mass is 127. The minimum atomic E-state index is 0.275. The van der Waals surface area contributed by atoms with E-state index in [9.17, 15) is 5.11 Å². The van der Waals surface area contributed by atoms with Crippen molar-refractivity contribution in [3.8, 4) is 11.8 Å². The van der Waals surface area contributed by atoms with Gasteiger partial charge in [-0.15, -0.1) is 11.3 Å². The SMILES string of the molecule is N#CCc1sc2ccc(O)cc2c1I. The molecule has 1 aromatic heterocycles. The van der Waals surface area contributed by atoms with Crippen molar-refractivity contribution in [2.24, 2.45) is 0 Å². The average Bonchev–Trinajstić information content (AvgIpc) is 2.46. The van der Waals surface area contributed by atoms with Gasteiger partial charge < -0.3 is 5.11 Å². The van der Waals surface area contributed by atoms with Gasteiger partial charge in [-0.3, -0.25) is 0 Å². The van der Waals surface area contributed by atoms with Gasteiger partial charge in [-0.05, 0) is 40.8 Å². The summed E-state index contributed by atoms with van der Waals surface area (Å²) < 4.78 is 2.21. The summed E-state index contributed by atoms with van der Waals surface area (Å²) in [4.78, 5) is 1.08. The van der Waals surface area contributed by atoms with Crippen LogP contribution >= 0.6 is 33.9 Å². The molecule has 4 heteroatoms. The smallest absolute Gasteiger partial charge is 0.116 e. The van der Waals surface area contributed by atoms with E-state index in [-0.39, 0.29) is 5.75 Å². The molecule has 0 atom stereocenters. The number of aromatic hydroxyl groups is 1. The molecule has 0 radical (unpaired) electrons. The topological polar surface area (TPSA) is 44.0 Å². The van der Waals surface area contributed by atoms with Crippen molar-refractivity contribution in [3.05, 3.63) is 26.6 Å². The Balaban J connectivity index is 2.69. The lowest BCUT2D eigenvalue weighted by molar-refractivity contribution is 0.476. The number of phenols is 1. The molecule has 0 saturated heterocycles. The summed E-state index contributed by atoms with van der Waals surface area (Å²) in [6, 6.07) is 7.45. The molecule has 0 fully saturated rings. The van der Waals surface area contributed by atoms with Crippen molar-refractivity contribution >= 4 is 44.0 Å². The van der Waals surface area contributed by atoms with Gasteiger partial charge in [0.15, 0.2) is 0 Å². The minimum Gasteiger partial charge on any atom is -0.508 e. The summed E-state index contributed by atoms with van der Waals surface area (Å²) in [7, 11) is 0. The predicted octanol–water partition coefficient (Wildman–Crippen LogP) is 3.28. The van der Waals surface area contributed by atoms with Crippen LogP contribution in [0.25, 0.3) is 10.1 Å². The second-order valence-corrected chi connectivity index (χ2v) is 5.07. The first-order valence-electron chi connectivity index (χ1n) is 3.99. The zero-order valence-corrected chi connectivity index (χ0v) is 10.1. The predicted molar refractivity (Wildman–Crippen MR) is 65.5 cm³/mol. The fraction of sp³-hybridized carbons (Fsp3) is 0.100. The summed E-state index contributed by atoms with van der Waals surface area (Å²) in [6.45, 7) is 0. The van der Waals surface area contributed by atoms with Crippen molar-refractivity contribution in [2.45, 2.75) is 6.42 Å². The Kier molecular flexibility index (Phi) is 2.61. The molecular formula is C10H6INOS. The van der Waals surface area contributed by atoms with Crippen LogP contribution in [0.5, 0.6) is 5.75 Å². The maximum atomic E-state index is 9.33. The monoisotopic (exact) mass is 315 g/mol. The van der Waals surface area contributed by atoms with E-state index in [0.29, 0.717) is 6.42 Å². The number of halogens is 1. The Hall–Kier alpha value is -0.800. The Morgan fingerprint density at radius 3 is 3.00 bits per heavy atom. The van der Waals surface area contributed by atoms with Crippen molar-refractivity contribution in [1.29, 1.82) is 5.26 Å². The number of fused-ring (bicyclic) bond motifs is 1. The highest BCUT2D eigenvalue weighted by molar-refractivity contribution is 14.1. The molecule has 14 heavy (non-hydrogen) atoms. The van der Waals surface area contributed by atoms with Crippen LogP contribution in [-0.4, -0.2) is 5.11 Å². The lowest BCUT2D eigenvalue weighted by Gasteiger charge is -1.92. The summed E-state index contributed by atoms with van der Waals surface area (Å²) >= 11 is 3.84. The van der Waals surface area contributed by atoms with E-state index in [1.807, 2.05) is 6.07 Å². The van der Waals surface area contributed by atoms with Crippen molar-refractivity contribution in [3.63, 3.8) is 0 Å². The lowest BCUT2D eigenvalue weighted by atomic mass is 10.2. The Bertz CT molecular complexity index is 527. The van der Waals surface area contributed by atoms with Crippen LogP contribution in [-0.2, 0) is 6.42 Å². The van der Waals surface area contributed by atoms with Crippen LogP contribution in [0.15, 0.2) is 18.2 Å². The summed E-state index contributed by atoms with van der Waals surface area (Å²) in [6.07, 6.45) is 0.443. The molecule has 0 aliphatic carbocycles. The fourth-order valence-corrected chi connectivity index (χ4v) is 3.45. The van der Waals surface area contributed by atoms with Gasteiger partial charge >= 0.3 is 0 Å². The lowest BCUT2D eigenvalue weighted by Crippen LogP contribution is -1.77. The van der Waals surface area contributed by atoms with Crippen LogP contribution < -0.4 is 0 Å². The highest BCUT2D eigenvalue weighted by Gasteiger charge is 2.09. The standard InChI is InChI=1S/C10H6INOS/c11-10-7-5-6(13)1-2-8(7)14-9(10)3-4-12/h1-2,5,13H,3H2. The molecule has 2 rings (SSSR count). The summed E-state index contributed by atoms with van der Waals surface area (Å²) in [5, 5.41) is 19.0. The Labute approximate surface area is 98.9 Å². The largest absolute Gasteiger partial charge is 0.508 e. The highest BCUT2D eigenvalue weighted by Crippen LogP contribution is 2.34. The van der Waals surface area contributed by atoms with E-state index < -0.39 is 0 Å². The number of nitrogens with zero attached hydrogens (tertiary/aromatic N) is 1. The second-order valence-electron chi connectivity index (χ2n) is 2.85. The van der Waals surface area contributed by atoms with E-state index in [1.54, 1.807) is 23.5 Å². The maximum absolute atomic E-state index is 9.33. The van der Waals surface area contributed by atoms with Gasteiger partial charge in [0.05, 0.1) is 12.5 Å². The van der Waals surface area contributed by atoms with E-state index in [0.717, 1.165) is 18.5 Å². The molecule has 2 aromatic rings. The third-order valence-corrected chi connectivity index (χ3v) is 4.69. The molecule has 1 heterocycles. The number of phenolic OH excluding ortho intramolecular Hbond substituents is 1. The van der Waals surface area contributed by atoms with E-state index in [1.165, 1.54) is 0 Å². The molecule has 0 bridgehead atoms. The first-order chi connectivity index (χ1) is 6.72. The molecule has 1 aromatic carbocycles. The molecule has 2 nitrogen and oxygen atoms in total. The van der Waals surface area contributed by atoms with E-state index in [2.05, 4.69) is 28.7 Å². The number of hydrogen-bond acceptors (Lipinski definition) is 3. The van der Waals surface area contributed by atoms with Crippen LogP contribution in [0.4, 0.5) is 0 Å². The van der Waals surface area contributed by atoms with Crippen LogP contribution in [0, 0.1) is 14.9 Å². The molecule has 0 aliphatic heterocycles. The maximum Gasteiger partial charge on any atom is 0.116 e. The number of nitriles is 1. The number of hydrogen-bond donors (Lipinski definition) is 1. The van der Waals surface area contributed by atoms with Gasteiger partial charge in [0.25, 0.3) is 0 Å². The molecule has 0 unspecified atom stereocenters. The quantitative estimate of drug-likeness (QED) is 0.821. The zero-order valence-electron chi connectivity index (χ0n) is 7.12. The summed E-state index contributed by atoms with van der Waals surface area (Å²) in [5.74, 6) is 0.275. The van der Waals surface area contributed by atoms with E-state index >= 15 is 0 Å². The zero-order chi connectivity index (χ0) is 10.1. The minimum absolute atomic E-state index is 0.275. The summed E-state index contributed by atoms with van der Waals surface area (Å²) in [5.41, 5.74) is 0. The Morgan fingerprint density at radius 1 is 1.50 bits per heavy atom. The van der Waals surface area contributed by atoms with Crippen LogP contribution in [0.1, 0.15) is 4.88 Å². The van der Waals surface area contributed by atoms with Crippen LogP contribution in [0.2, 0.25) is 0 Å². The molecular weight excluding hydrogens is 309 g/mol. The van der Waals surface area contributed by atoms with Gasteiger partial charge in [0, 0.05) is 18.5 Å². The second kappa shape index (κ2) is 3.75. The van der Waals surface area contributed by atoms with Gasteiger partial charge in [0.2, 0.25) is 0 Å². The van der Waals surface area contributed by atoms with Crippen molar-refractivity contribution in [1.82, 2.24) is 0 Å². The third-order valence-electron chi connectivity index (χ3n) is 1.92. The van der Waals surface area contributed by atoms with Gasteiger partial charge in [-0.1, -0.05) is 0 Å². The van der Waals surface area contributed by atoms with Gasteiger partial charge in [0.1, 0.15) is 5.75 Å². The van der Waals surface area contributed by atoms with E-state index in [4.69, 9.17) is 5.26 Å². The molecule has 0 aliphatic rings. The number of benzene rings is 1. The van der Waals surface area contributed by atoms with Crippen LogP contribution in [0.3, 0.4) is 0 Å². The van der Waals surface area contributed by atoms with Crippen molar-refractivity contribution in [2.75, 3.05) is 0 Å². The number of rotatable bonds is 1. The fourth-order valence-electron chi connectivity index (χ4n) is 1.29. The molecule has 0 amide bonds. The Morgan fingerprint density at radius 2 is 2.29 bits per heavy atom. The molecule has 70 valence electrons. The first kappa shape index (κ1) is 9.74. The molecule has 1 N–H and O–H groups in total. The average molecular weight is 315 g/mol. The molecule has 0 saturated carbocycles.